The first-order valence-electron chi connectivity index (χ1n) is 6.86. The van der Waals surface area contributed by atoms with E-state index in [9.17, 15) is 8.78 Å². The normalized spacial score (nSPS) is 20.6. The summed E-state index contributed by atoms with van der Waals surface area (Å²) in [4.78, 5) is 4.16. The highest BCUT2D eigenvalue weighted by Gasteiger charge is 2.24. The smallest absolute Gasteiger partial charge is 0.251 e. The highest BCUT2D eigenvalue weighted by atomic mass is 19.3. The fourth-order valence-electron chi connectivity index (χ4n) is 2.80. The SMILES string of the molecule is CN(CC(F)F)C[C@@H]1CCN(Cc2ccccc2)C1. The topological polar surface area (TPSA) is 6.48 Å². The second-order valence-electron chi connectivity index (χ2n) is 5.49. The largest absolute Gasteiger partial charge is 0.301 e. The zero-order valence-electron chi connectivity index (χ0n) is 11.4. The maximum Gasteiger partial charge on any atom is 0.251 e. The average Bonchev–Trinajstić information content (AvgIpc) is 2.76. The number of benzene rings is 1. The highest BCUT2D eigenvalue weighted by Crippen LogP contribution is 2.19. The third kappa shape index (κ3) is 4.88. The van der Waals surface area contributed by atoms with Crippen LogP contribution in [0.4, 0.5) is 8.78 Å². The standard InChI is InChI=1S/C15H22F2N2/c1-18(12-15(16)17)9-14-7-8-19(11-14)10-13-5-3-2-4-6-13/h2-6,14-15H,7-12H2,1H3/t14-/m0/s1. The number of rotatable bonds is 6. The van der Waals surface area contributed by atoms with Gasteiger partial charge in [0.2, 0.25) is 0 Å². The Bertz CT molecular complexity index is 370. The van der Waals surface area contributed by atoms with Crippen LogP contribution in [-0.2, 0) is 6.54 Å². The second kappa shape index (κ2) is 6.96. The summed E-state index contributed by atoms with van der Waals surface area (Å²) < 4.78 is 24.5. The van der Waals surface area contributed by atoms with Crippen molar-refractivity contribution in [3.05, 3.63) is 35.9 Å². The van der Waals surface area contributed by atoms with Gasteiger partial charge in [-0.15, -0.1) is 0 Å². The molecule has 0 saturated carbocycles. The molecule has 0 aliphatic carbocycles. The summed E-state index contributed by atoms with van der Waals surface area (Å²) in [5.74, 6) is 0.521. The molecule has 0 aromatic heterocycles. The molecule has 0 spiro atoms. The Morgan fingerprint density at radius 2 is 2.05 bits per heavy atom. The Kier molecular flexibility index (Phi) is 5.28. The van der Waals surface area contributed by atoms with E-state index >= 15 is 0 Å². The van der Waals surface area contributed by atoms with Crippen LogP contribution in [0, 0.1) is 5.92 Å². The van der Waals surface area contributed by atoms with Crippen molar-refractivity contribution in [1.82, 2.24) is 9.80 Å². The minimum atomic E-state index is -2.23. The minimum absolute atomic E-state index is 0.116. The first-order valence-corrected chi connectivity index (χ1v) is 6.86. The molecule has 1 heterocycles. The molecule has 19 heavy (non-hydrogen) atoms. The Hall–Kier alpha value is -1.00. The van der Waals surface area contributed by atoms with Crippen LogP contribution in [-0.4, -0.2) is 49.5 Å². The summed E-state index contributed by atoms with van der Waals surface area (Å²) in [6.45, 7) is 3.71. The molecule has 0 amide bonds. The van der Waals surface area contributed by atoms with Crippen molar-refractivity contribution in [2.24, 2.45) is 5.92 Å². The number of likely N-dealkylation sites (tertiary alicyclic amines) is 1. The fourth-order valence-corrected chi connectivity index (χ4v) is 2.80. The lowest BCUT2D eigenvalue weighted by Crippen LogP contribution is -2.31. The summed E-state index contributed by atoms with van der Waals surface area (Å²) in [5.41, 5.74) is 1.32. The van der Waals surface area contributed by atoms with E-state index < -0.39 is 6.43 Å². The van der Waals surface area contributed by atoms with Crippen LogP contribution >= 0.6 is 0 Å². The van der Waals surface area contributed by atoms with Gasteiger partial charge < -0.3 is 4.90 Å². The van der Waals surface area contributed by atoms with Crippen molar-refractivity contribution >= 4 is 0 Å². The maximum atomic E-state index is 12.3. The molecule has 1 aromatic rings. The molecule has 1 aliphatic heterocycles. The third-order valence-electron chi connectivity index (χ3n) is 3.64. The van der Waals surface area contributed by atoms with Gasteiger partial charge in [0.15, 0.2) is 0 Å². The third-order valence-corrected chi connectivity index (χ3v) is 3.64. The Morgan fingerprint density at radius 1 is 1.32 bits per heavy atom. The van der Waals surface area contributed by atoms with E-state index in [1.54, 1.807) is 11.9 Å². The quantitative estimate of drug-likeness (QED) is 0.782. The van der Waals surface area contributed by atoms with E-state index in [1.165, 1.54) is 5.56 Å². The fraction of sp³-hybridized carbons (Fsp3) is 0.600. The number of hydrogen-bond acceptors (Lipinski definition) is 2. The lowest BCUT2D eigenvalue weighted by molar-refractivity contribution is 0.0935. The number of hydrogen-bond donors (Lipinski definition) is 0. The van der Waals surface area contributed by atoms with Gasteiger partial charge in [0.1, 0.15) is 0 Å². The second-order valence-corrected chi connectivity index (χ2v) is 5.49. The number of halogens is 2. The molecular weight excluding hydrogens is 246 g/mol. The minimum Gasteiger partial charge on any atom is -0.301 e. The Morgan fingerprint density at radius 3 is 2.74 bits per heavy atom. The molecule has 1 saturated heterocycles. The Labute approximate surface area is 114 Å². The molecule has 1 aliphatic rings. The van der Waals surface area contributed by atoms with Gasteiger partial charge in [0.25, 0.3) is 6.43 Å². The molecule has 1 fully saturated rings. The van der Waals surface area contributed by atoms with Crippen molar-refractivity contribution in [2.75, 3.05) is 33.2 Å². The molecule has 4 heteroatoms. The molecular formula is C15H22F2N2. The van der Waals surface area contributed by atoms with Crippen molar-refractivity contribution in [3.8, 4) is 0 Å². The molecule has 2 rings (SSSR count). The molecule has 0 bridgehead atoms. The van der Waals surface area contributed by atoms with Crippen molar-refractivity contribution in [1.29, 1.82) is 0 Å². The van der Waals surface area contributed by atoms with Gasteiger partial charge in [0, 0.05) is 19.6 Å². The van der Waals surface area contributed by atoms with E-state index in [-0.39, 0.29) is 6.54 Å². The molecule has 1 atom stereocenters. The Balaban J connectivity index is 1.74. The van der Waals surface area contributed by atoms with Crippen LogP contribution in [0.1, 0.15) is 12.0 Å². The van der Waals surface area contributed by atoms with Crippen LogP contribution < -0.4 is 0 Å². The molecule has 0 radical (unpaired) electrons. The monoisotopic (exact) mass is 268 g/mol. The van der Waals surface area contributed by atoms with Gasteiger partial charge in [0.05, 0.1) is 6.54 Å². The summed E-state index contributed by atoms with van der Waals surface area (Å²) in [5, 5.41) is 0. The van der Waals surface area contributed by atoms with Crippen LogP contribution in [0.3, 0.4) is 0 Å². The van der Waals surface area contributed by atoms with E-state index in [0.717, 1.165) is 32.6 Å². The lowest BCUT2D eigenvalue weighted by atomic mass is 10.1. The van der Waals surface area contributed by atoms with E-state index in [4.69, 9.17) is 0 Å². The van der Waals surface area contributed by atoms with Gasteiger partial charge in [-0.25, -0.2) is 8.78 Å². The van der Waals surface area contributed by atoms with Crippen LogP contribution in [0.5, 0.6) is 0 Å². The highest BCUT2D eigenvalue weighted by molar-refractivity contribution is 5.14. The van der Waals surface area contributed by atoms with E-state index in [2.05, 4.69) is 29.2 Å². The average molecular weight is 268 g/mol. The summed E-state index contributed by atoms with van der Waals surface area (Å²) in [6.07, 6.45) is -1.12. The molecule has 0 unspecified atom stereocenters. The summed E-state index contributed by atoms with van der Waals surface area (Å²) in [7, 11) is 1.78. The predicted molar refractivity (Wildman–Crippen MR) is 73.3 cm³/mol. The first-order chi connectivity index (χ1) is 9.13. The van der Waals surface area contributed by atoms with Gasteiger partial charge in [-0.2, -0.15) is 0 Å². The van der Waals surface area contributed by atoms with Crippen LogP contribution in [0.2, 0.25) is 0 Å². The number of nitrogens with zero attached hydrogens (tertiary/aromatic N) is 2. The van der Waals surface area contributed by atoms with E-state index in [0.29, 0.717) is 5.92 Å². The number of alkyl halides is 2. The summed E-state index contributed by atoms with van der Waals surface area (Å²) >= 11 is 0. The van der Waals surface area contributed by atoms with Gasteiger partial charge in [-0.05, 0) is 31.5 Å². The van der Waals surface area contributed by atoms with Crippen LogP contribution in [0.15, 0.2) is 30.3 Å². The molecule has 2 nitrogen and oxygen atoms in total. The van der Waals surface area contributed by atoms with E-state index in [1.807, 2.05) is 6.07 Å². The van der Waals surface area contributed by atoms with Crippen LogP contribution in [0.25, 0.3) is 0 Å². The van der Waals surface area contributed by atoms with Crippen molar-refractivity contribution in [3.63, 3.8) is 0 Å². The van der Waals surface area contributed by atoms with Crippen molar-refractivity contribution < 1.29 is 8.78 Å². The zero-order valence-corrected chi connectivity index (χ0v) is 11.4. The lowest BCUT2D eigenvalue weighted by Gasteiger charge is -2.21. The van der Waals surface area contributed by atoms with Crippen molar-refractivity contribution in [2.45, 2.75) is 19.4 Å². The molecule has 106 valence electrons. The van der Waals surface area contributed by atoms with Gasteiger partial charge in [-0.1, -0.05) is 30.3 Å². The maximum absolute atomic E-state index is 12.3. The molecule has 0 N–H and O–H groups in total. The zero-order chi connectivity index (χ0) is 13.7. The van der Waals surface area contributed by atoms with Gasteiger partial charge >= 0.3 is 0 Å². The molecule has 1 aromatic carbocycles. The van der Waals surface area contributed by atoms with Gasteiger partial charge in [-0.3, -0.25) is 4.90 Å². The first kappa shape index (κ1) is 14.4. The predicted octanol–water partition coefficient (Wildman–Crippen LogP) is 2.71. The summed E-state index contributed by atoms with van der Waals surface area (Å²) in [6, 6.07) is 10.4.